The molecule has 9 heteroatoms. The number of nitrogens with one attached hydrogen (secondary N) is 2. The number of amidine groups is 1. The van der Waals surface area contributed by atoms with Crippen LogP contribution in [0.4, 0.5) is 16.5 Å². The molecule has 1 aliphatic rings. The lowest BCUT2D eigenvalue weighted by molar-refractivity contribution is -0.114. The van der Waals surface area contributed by atoms with Crippen molar-refractivity contribution in [2.45, 2.75) is 13.8 Å². The van der Waals surface area contributed by atoms with E-state index in [9.17, 15) is 4.79 Å². The van der Waals surface area contributed by atoms with E-state index >= 15 is 0 Å². The van der Waals surface area contributed by atoms with Crippen molar-refractivity contribution < 1.29 is 9.53 Å². The van der Waals surface area contributed by atoms with E-state index in [0.717, 1.165) is 48.8 Å². The summed E-state index contributed by atoms with van der Waals surface area (Å²) in [6, 6.07) is 27.9. The van der Waals surface area contributed by atoms with E-state index in [1.807, 2.05) is 83.9 Å². The van der Waals surface area contributed by atoms with E-state index in [4.69, 9.17) is 14.8 Å². The normalized spacial score (nSPS) is 13.1. The van der Waals surface area contributed by atoms with Gasteiger partial charge >= 0.3 is 0 Å². The Morgan fingerprint density at radius 3 is 2.65 bits per heavy atom. The number of rotatable bonds is 6. The maximum atomic E-state index is 11.4. The van der Waals surface area contributed by atoms with Crippen LogP contribution in [-0.2, 0) is 4.79 Å². The number of carbonyl (C=O) groups excluding carboxylic acids is 1. The van der Waals surface area contributed by atoms with Crippen LogP contribution in [0.5, 0.6) is 5.75 Å². The molecular formula is C28H24N6O2S. The molecule has 0 atom stereocenters. The number of aromatic nitrogens is 1. The Hall–Kier alpha value is -4.63. The van der Waals surface area contributed by atoms with Gasteiger partial charge in [0.15, 0.2) is 5.84 Å². The van der Waals surface area contributed by atoms with Gasteiger partial charge in [0.2, 0.25) is 11.0 Å². The van der Waals surface area contributed by atoms with Gasteiger partial charge in [-0.1, -0.05) is 47.7 Å². The summed E-state index contributed by atoms with van der Waals surface area (Å²) in [7, 11) is 0. The number of hydrogen-bond donors (Lipinski definition) is 2. The first-order chi connectivity index (χ1) is 18.1. The number of carbonyl (C=O) groups is 1. The molecule has 8 nitrogen and oxygen atoms in total. The maximum Gasteiger partial charge on any atom is 0.228 e. The molecule has 0 fully saturated rings. The fourth-order valence-electron chi connectivity index (χ4n) is 4.26. The van der Waals surface area contributed by atoms with Gasteiger partial charge in [0, 0.05) is 23.6 Å². The second-order valence-electron chi connectivity index (χ2n) is 8.48. The first kappa shape index (κ1) is 22.8. The lowest BCUT2D eigenvalue weighted by Crippen LogP contribution is -2.44. The van der Waals surface area contributed by atoms with Crippen LogP contribution in [0.15, 0.2) is 90.0 Å². The van der Waals surface area contributed by atoms with Crippen LogP contribution in [0, 0.1) is 0 Å². The third-order valence-electron chi connectivity index (χ3n) is 5.90. The lowest BCUT2D eigenvalue weighted by Gasteiger charge is -2.26. The summed E-state index contributed by atoms with van der Waals surface area (Å²) < 4.78 is 6.71. The van der Waals surface area contributed by atoms with Crippen LogP contribution in [0.25, 0.3) is 21.0 Å². The average Bonchev–Trinajstić information content (AvgIpc) is 3.53. The Morgan fingerprint density at radius 2 is 1.84 bits per heavy atom. The van der Waals surface area contributed by atoms with Gasteiger partial charge in [-0.2, -0.15) is 0 Å². The molecule has 184 valence electrons. The van der Waals surface area contributed by atoms with E-state index in [1.54, 1.807) is 11.3 Å². The molecule has 2 heterocycles. The molecule has 1 aromatic heterocycles. The Kier molecular flexibility index (Phi) is 5.82. The minimum atomic E-state index is -0.110. The van der Waals surface area contributed by atoms with Crippen molar-refractivity contribution in [3.05, 3.63) is 90.5 Å². The molecule has 0 aliphatic carbocycles. The minimum Gasteiger partial charge on any atom is -0.494 e. The molecule has 37 heavy (non-hydrogen) atoms. The van der Waals surface area contributed by atoms with Crippen molar-refractivity contribution in [1.82, 2.24) is 10.4 Å². The summed E-state index contributed by atoms with van der Waals surface area (Å²) >= 11 is 1.55. The predicted molar refractivity (Wildman–Crippen MR) is 150 cm³/mol. The van der Waals surface area contributed by atoms with E-state index in [-0.39, 0.29) is 5.91 Å². The lowest BCUT2D eigenvalue weighted by atomic mass is 10.1. The quantitative estimate of drug-likeness (QED) is 0.297. The molecular weight excluding hydrogens is 484 g/mol. The monoisotopic (exact) mass is 508 g/mol. The molecule has 0 bridgehead atoms. The number of benzene rings is 4. The first-order valence-electron chi connectivity index (χ1n) is 11.9. The van der Waals surface area contributed by atoms with E-state index in [1.165, 1.54) is 6.92 Å². The highest BCUT2D eigenvalue weighted by Gasteiger charge is 2.30. The molecule has 0 saturated heterocycles. The number of hydrogen-bond acceptors (Lipinski definition) is 8. The summed E-state index contributed by atoms with van der Waals surface area (Å²) in [4.78, 5) is 16.3. The van der Waals surface area contributed by atoms with Gasteiger partial charge in [-0.05, 0) is 60.8 Å². The van der Waals surface area contributed by atoms with Gasteiger partial charge in [0.25, 0.3) is 0 Å². The van der Waals surface area contributed by atoms with Crippen LogP contribution in [0.2, 0.25) is 0 Å². The third kappa shape index (κ3) is 4.41. The van der Waals surface area contributed by atoms with Gasteiger partial charge in [-0.3, -0.25) is 10.2 Å². The van der Waals surface area contributed by atoms with Gasteiger partial charge in [0.05, 0.1) is 22.5 Å². The second-order valence-corrected chi connectivity index (χ2v) is 9.49. The molecule has 2 N–H and O–H groups in total. The first-order valence-corrected chi connectivity index (χ1v) is 12.8. The predicted octanol–water partition coefficient (Wildman–Crippen LogP) is 5.91. The van der Waals surface area contributed by atoms with Crippen molar-refractivity contribution in [1.29, 1.82) is 0 Å². The zero-order valence-corrected chi connectivity index (χ0v) is 21.1. The highest BCUT2D eigenvalue weighted by Crippen LogP contribution is 2.36. The minimum absolute atomic E-state index is 0.110. The van der Waals surface area contributed by atoms with Crippen LogP contribution in [0.3, 0.4) is 0 Å². The number of nitrogens with zero attached hydrogens (tertiary/aromatic N) is 4. The fraction of sp³-hybridized carbons (Fsp3) is 0.107. The number of amides is 1. The van der Waals surface area contributed by atoms with Crippen LogP contribution >= 0.6 is 11.3 Å². The molecule has 5 aromatic rings. The molecule has 0 saturated carbocycles. The van der Waals surface area contributed by atoms with E-state index in [0.29, 0.717) is 12.4 Å². The van der Waals surface area contributed by atoms with Crippen LogP contribution < -0.4 is 25.7 Å². The zero-order chi connectivity index (χ0) is 25.4. The van der Waals surface area contributed by atoms with E-state index < -0.39 is 0 Å². The molecule has 1 aliphatic heterocycles. The average molecular weight is 509 g/mol. The summed E-state index contributed by atoms with van der Waals surface area (Å²) in [5.74, 6) is 1.37. The topological polar surface area (TPSA) is 82.1 Å². The molecule has 1 amide bonds. The van der Waals surface area contributed by atoms with Gasteiger partial charge < -0.3 is 10.1 Å². The number of anilines is 3. The number of hydrazine groups is 2. The Balaban J connectivity index is 1.43. The van der Waals surface area contributed by atoms with Gasteiger partial charge in [-0.15, -0.1) is 15.3 Å². The van der Waals surface area contributed by atoms with Gasteiger partial charge in [0.1, 0.15) is 5.75 Å². The van der Waals surface area contributed by atoms with E-state index in [2.05, 4.69) is 28.9 Å². The van der Waals surface area contributed by atoms with Crippen LogP contribution in [0.1, 0.15) is 19.4 Å². The highest BCUT2D eigenvalue weighted by atomic mass is 32.1. The Morgan fingerprint density at radius 1 is 1.03 bits per heavy atom. The number of ether oxygens (including phenoxy) is 1. The van der Waals surface area contributed by atoms with Crippen molar-refractivity contribution in [3.63, 3.8) is 0 Å². The Labute approximate surface area is 217 Å². The largest absolute Gasteiger partial charge is 0.494 e. The number of fused-ring (bicyclic) bond motifs is 2. The number of hydrazone groups is 1. The maximum absolute atomic E-state index is 11.4. The zero-order valence-electron chi connectivity index (χ0n) is 20.3. The summed E-state index contributed by atoms with van der Waals surface area (Å²) in [5.41, 5.74) is 6.85. The fourth-order valence-corrected chi connectivity index (χ4v) is 5.20. The molecule has 0 radical (unpaired) electrons. The smallest absolute Gasteiger partial charge is 0.228 e. The summed E-state index contributed by atoms with van der Waals surface area (Å²) in [5, 5.41) is 14.4. The standard InChI is InChI=1S/C28H24N6O2S/c1-3-36-22-15-16-24-26(17-22)37-28(30-24)34-32-27(20-11-13-21(14-12-20)29-18(2)35)31-33(34)25-10-6-8-19-7-4-5-9-23(19)25/h4-17H,3H2,1-2H3,(H,29,35)(H,31,32). The molecule has 4 aromatic carbocycles. The third-order valence-corrected chi connectivity index (χ3v) is 6.89. The van der Waals surface area contributed by atoms with Crippen molar-refractivity contribution in [2.24, 2.45) is 5.10 Å². The van der Waals surface area contributed by atoms with Crippen molar-refractivity contribution in [2.75, 3.05) is 22.2 Å². The van der Waals surface area contributed by atoms with Crippen molar-refractivity contribution in [3.8, 4) is 5.75 Å². The van der Waals surface area contributed by atoms with Crippen molar-refractivity contribution >= 4 is 60.6 Å². The Bertz CT molecular complexity index is 1640. The molecule has 6 rings (SSSR count). The highest BCUT2D eigenvalue weighted by molar-refractivity contribution is 7.22. The molecule has 0 unspecified atom stereocenters. The SMILES string of the molecule is CCOc1ccc2nc(N3NC(c4ccc(NC(C)=O)cc4)=NN3c3cccc4ccccc34)sc2c1. The van der Waals surface area contributed by atoms with Gasteiger partial charge in [-0.25, -0.2) is 4.98 Å². The summed E-state index contributed by atoms with van der Waals surface area (Å²) in [6.07, 6.45) is 0. The summed E-state index contributed by atoms with van der Waals surface area (Å²) in [6.45, 7) is 4.07. The molecule has 0 spiro atoms. The van der Waals surface area contributed by atoms with Crippen LogP contribution in [-0.4, -0.2) is 23.3 Å². The second kappa shape index (κ2) is 9.44. The number of thiazole rings is 1.